The second-order valence-corrected chi connectivity index (χ2v) is 5.93. The molecule has 3 rings (SSSR count). The van der Waals surface area contributed by atoms with E-state index in [0.29, 0.717) is 30.0 Å². The normalized spacial score (nSPS) is 22.4. The molecule has 0 amide bonds. The number of rotatable bonds is 4. The molecule has 1 aromatic heterocycles. The molecule has 1 fully saturated rings. The predicted octanol–water partition coefficient (Wildman–Crippen LogP) is 2.96. The molecule has 0 aliphatic heterocycles. The van der Waals surface area contributed by atoms with Gasteiger partial charge in [-0.3, -0.25) is 0 Å². The Morgan fingerprint density at radius 1 is 1.33 bits per heavy atom. The molecule has 3 N–H and O–H groups in total. The summed E-state index contributed by atoms with van der Waals surface area (Å²) >= 11 is 0. The van der Waals surface area contributed by atoms with Crippen LogP contribution in [0.3, 0.4) is 0 Å². The van der Waals surface area contributed by atoms with Gasteiger partial charge in [0.05, 0.1) is 11.5 Å². The third-order valence-electron chi connectivity index (χ3n) is 4.37. The highest BCUT2D eigenvalue weighted by Gasteiger charge is 2.48. The molecule has 1 saturated carbocycles. The van der Waals surface area contributed by atoms with Gasteiger partial charge in [-0.25, -0.2) is 19.6 Å². The van der Waals surface area contributed by atoms with E-state index in [1.165, 1.54) is 12.1 Å². The summed E-state index contributed by atoms with van der Waals surface area (Å²) in [5, 5.41) is 9.51. The van der Waals surface area contributed by atoms with Crippen molar-refractivity contribution < 1.29 is 13.5 Å². The highest BCUT2D eigenvalue weighted by molar-refractivity contribution is 5.50. The molecule has 0 unspecified atom stereocenters. The van der Waals surface area contributed by atoms with E-state index in [9.17, 15) is 14.0 Å². The Hall–Kier alpha value is -2.72. The van der Waals surface area contributed by atoms with Gasteiger partial charge < -0.3 is 10.2 Å². The van der Waals surface area contributed by atoms with Gasteiger partial charge >= 0.3 is 0 Å². The first kappa shape index (κ1) is 16.1. The molecule has 0 atom stereocenters. The number of halogens is 2. The number of anilines is 1. The van der Waals surface area contributed by atoms with Crippen molar-refractivity contribution in [1.29, 1.82) is 5.26 Å². The lowest BCUT2D eigenvalue weighted by Gasteiger charge is -2.42. The number of ether oxygens (including phenoxy) is 1. The minimum absolute atomic E-state index is 0.220. The predicted molar refractivity (Wildman–Crippen MR) is 84.1 cm³/mol. The van der Waals surface area contributed by atoms with Crippen LogP contribution in [0.1, 0.15) is 24.0 Å². The zero-order valence-corrected chi connectivity index (χ0v) is 13.0. The molecule has 1 heterocycles. The fraction of sp³-hybridized carbons (Fsp3) is 0.294. The van der Waals surface area contributed by atoms with E-state index in [0.717, 1.165) is 11.6 Å². The van der Waals surface area contributed by atoms with E-state index in [2.05, 4.69) is 16.5 Å². The number of benzene rings is 1. The van der Waals surface area contributed by atoms with Crippen molar-refractivity contribution in [3.8, 4) is 11.8 Å². The lowest BCUT2D eigenvalue weighted by atomic mass is 9.63. The van der Waals surface area contributed by atoms with Crippen molar-refractivity contribution in [2.45, 2.75) is 31.3 Å². The molecule has 5 nitrogen and oxygen atoms in total. The maximum absolute atomic E-state index is 13.4. The van der Waals surface area contributed by atoms with E-state index in [1.54, 1.807) is 12.3 Å². The van der Waals surface area contributed by atoms with Crippen LogP contribution < -0.4 is 16.0 Å². The number of pyridine rings is 1. The minimum atomic E-state index is -0.927. The third kappa shape index (κ3) is 2.76. The van der Waals surface area contributed by atoms with E-state index in [-0.39, 0.29) is 6.10 Å². The van der Waals surface area contributed by atoms with Gasteiger partial charge in [-0.15, -0.1) is 0 Å². The van der Waals surface area contributed by atoms with Gasteiger partial charge in [0.25, 0.3) is 0 Å². The Labute approximate surface area is 138 Å². The minimum Gasteiger partial charge on any atom is -0.490 e. The summed E-state index contributed by atoms with van der Waals surface area (Å²) < 4.78 is 32.7. The van der Waals surface area contributed by atoms with Gasteiger partial charge in [-0.2, -0.15) is 5.26 Å². The first-order valence-electron chi connectivity index (χ1n) is 7.44. The van der Waals surface area contributed by atoms with Gasteiger partial charge in [0.15, 0.2) is 0 Å². The molecular weight excluding hydrogens is 314 g/mol. The van der Waals surface area contributed by atoms with Crippen LogP contribution in [0, 0.1) is 29.9 Å². The van der Waals surface area contributed by atoms with Crippen LogP contribution in [-0.4, -0.2) is 11.1 Å². The second kappa shape index (κ2) is 6.06. The Morgan fingerprint density at radius 3 is 2.58 bits per heavy atom. The highest BCUT2D eigenvalue weighted by Crippen LogP contribution is 2.45. The number of nitriles is 1. The van der Waals surface area contributed by atoms with Crippen molar-refractivity contribution in [3.63, 3.8) is 0 Å². The summed E-state index contributed by atoms with van der Waals surface area (Å²) in [6, 6.07) is 7.10. The molecule has 7 heteroatoms. The van der Waals surface area contributed by atoms with E-state index >= 15 is 0 Å². The van der Waals surface area contributed by atoms with Crippen LogP contribution in [0.4, 0.5) is 14.6 Å². The number of hydrogen-bond acceptors (Lipinski definition) is 5. The summed E-state index contributed by atoms with van der Waals surface area (Å²) in [6.07, 6.45) is 2.07. The monoisotopic (exact) mass is 330 g/mol. The summed E-state index contributed by atoms with van der Waals surface area (Å²) in [5.41, 5.74) is 2.66. The summed E-state index contributed by atoms with van der Waals surface area (Å²) in [6.45, 7) is 1.82. The summed E-state index contributed by atoms with van der Waals surface area (Å²) in [5.74, 6) is 5.13. The molecular formula is C17H16F2N4O. The van der Waals surface area contributed by atoms with Crippen LogP contribution in [0.2, 0.25) is 0 Å². The summed E-state index contributed by atoms with van der Waals surface area (Å²) in [4.78, 5) is 4.07. The fourth-order valence-electron chi connectivity index (χ4n) is 2.99. The van der Waals surface area contributed by atoms with Crippen LogP contribution in [0.5, 0.6) is 5.75 Å². The third-order valence-corrected chi connectivity index (χ3v) is 4.37. The Balaban J connectivity index is 1.77. The molecule has 0 bridgehead atoms. The number of aromatic nitrogens is 1. The van der Waals surface area contributed by atoms with Crippen molar-refractivity contribution >= 4 is 5.82 Å². The van der Waals surface area contributed by atoms with E-state index < -0.39 is 17.0 Å². The average Bonchev–Trinajstić information content (AvgIpc) is 2.51. The molecule has 124 valence electrons. The fourth-order valence-corrected chi connectivity index (χ4v) is 2.99. The van der Waals surface area contributed by atoms with Crippen molar-refractivity contribution in [2.24, 2.45) is 5.84 Å². The number of nitrogen functional groups attached to an aromatic ring is 1. The van der Waals surface area contributed by atoms with Crippen molar-refractivity contribution in [1.82, 2.24) is 4.98 Å². The smallest absolute Gasteiger partial charge is 0.146 e. The maximum atomic E-state index is 13.4. The molecule has 0 saturated heterocycles. The highest BCUT2D eigenvalue weighted by atomic mass is 19.1. The van der Waals surface area contributed by atoms with Gasteiger partial charge in [-0.1, -0.05) is 0 Å². The van der Waals surface area contributed by atoms with Crippen LogP contribution >= 0.6 is 0 Å². The molecule has 24 heavy (non-hydrogen) atoms. The number of nitrogens with two attached hydrogens (primary N) is 1. The van der Waals surface area contributed by atoms with E-state index in [1.807, 2.05) is 6.92 Å². The Morgan fingerprint density at radius 2 is 2.00 bits per heavy atom. The average molecular weight is 330 g/mol. The largest absolute Gasteiger partial charge is 0.490 e. The van der Waals surface area contributed by atoms with Crippen molar-refractivity contribution in [3.05, 3.63) is 53.2 Å². The van der Waals surface area contributed by atoms with Gasteiger partial charge in [0.1, 0.15) is 29.3 Å². The lowest BCUT2D eigenvalue weighted by molar-refractivity contribution is 0.0659. The molecule has 1 aromatic carbocycles. The van der Waals surface area contributed by atoms with Crippen LogP contribution in [0.15, 0.2) is 30.5 Å². The van der Waals surface area contributed by atoms with Gasteiger partial charge in [-0.05, 0) is 30.7 Å². The van der Waals surface area contributed by atoms with Gasteiger partial charge in [0.2, 0.25) is 0 Å². The van der Waals surface area contributed by atoms with Crippen LogP contribution in [-0.2, 0) is 5.41 Å². The van der Waals surface area contributed by atoms with E-state index in [4.69, 9.17) is 10.6 Å². The van der Waals surface area contributed by atoms with Crippen LogP contribution in [0.25, 0.3) is 0 Å². The molecule has 1 aliphatic rings. The molecule has 1 aliphatic carbocycles. The SMILES string of the molecule is Cc1c(O[C@H]2C[C@](C#N)(c3cc(F)cc(F)c3)C2)ccnc1NN. The molecule has 0 radical (unpaired) electrons. The zero-order chi connectivity index (χ0) is 17.3. The lowest BCUT2D eigenvalue weighted by Crippen LogP contribution is -2.46. The van der Waals surface area contributed by atoms with Gasteiger partial charge in [0, 0.05) is 30.7 Å². The quantitative estimate of drug-likeness (QED) is 0.665. The molecule has 0 spiro atoms. The topological polar surface area (TPSA) is 84.0 Å². The number of hydrogen-bond donors (Lipinski definition) is 2. The maximum Gasteiger partial charge on any atom is 0.146 e. The first-order valence-corrected chi connectivity index (χ1v) is 7.44. The molecule has 2 aromatic rings. The van der Waals surface area contributed by atoms with Crippen molar-refractivity contribution in [2.75, 3.05) is 5.43 Å². The standard InChI is InChI=1S/C17H16F2N4O/c1-10-15(2-3-22-16(10)23-21)24-14-7-17(8-14,9-20)11-4-12(18)6-13(19)5-11/h2-6,14H,7-8,21H2,1H3,(H,22,23)/t14-,17-. The number of nitrogens with zero attached hydrogens (tertiary/aromatic N) is 2. The summed E-state index contributed by atoms with van der Waals surface area (Å²) in [7, 11) is 0. The Bertz CT molecular complexity index is 792. The zero-order valence-electron chi connectivity index (χ0n) is 13.0. The Kier molecular flexibility index (Phi) is 4.08. The first-order chi connectivity index (χ1) is 11.5. The second-order valence-electron chi connectivity index (χ2n) is 5.93. The number of nitrogens with one attached hydrogen (secondary N) is 1. The number of hydrazine groups is 1.